The summed E-state index contributed by atoms with van der Waals surface area (Å²) in [6, 6.07) is 0. The quantitative estimate of drug-likeness (QED) is 0.318. The Balaban J connectivity index is 3.15. The number of hydrogen-bond acceptors (Lipinski definition) is 2. The molecule has 3 heteroatoms. The first-order valence-electron chi connectivity index (χ1n) is 9.96. The van der Waals surface area contributed by atoms with E-state index in [4.69, 9.17) is 5.11 Å². The number of aliphatic hydroxyl groups is 1. The van der Waals surface area contributed by atoms with Crippen LogP contribution in [0.4, 0.5) is 0 Å². The summed E-state index contributed by atoms with van der Waals surface area (Å²) >= 11 is 0. The first-order valence-corrected chi connectivity index (χ1v) is 9.96. The molecular weight excluding hydrogens is 288 g/mol. The van der Waals surface area contributed by atoms with Gasteiger partial charge in [0.05, 0.1) is 0 Å². The molecule has 0 heterocycles. The van der Waals surface area contributed by atoms with Gasteiger partial charge in [-0.25, -0.2) is 4.79 Å². The summed E-state index contributed by atoms with van der Waals surface area (Å²) < 4.78 is 0. The number of aliphatic carboxylic acids is 1. The molecule has 0 rings (SSSR count). The summed E-state index contributed by atoms with van der Waals surface area (Å²) in [5, 5.41) is 18.4. The molecule has 0 aliphatic carbocycles. The largest absolute Gasteiger partial charge is 0.479 e. The molecule has 23 heavy (non-hydrogen) atoms. The van der Waals surface area contributed by atoms with Gasteiger partial charge in [0.15, 0.2) is 5.60 Å². The first-order chi connectivity index (χ1) is 11.0. The van der Waals surface area contributed by atoms with E-state index in [1.165, 1.54) is 84.0 Å². The standard InChI is InChI=1S/C20H40O3/c1-3-4-5-6-7-8-9-10-11-12-13-14-15-16-17-18-20(2,23)19(21)22/h23H,3-18H2,1-2H3,(H,21,22). The molecule has 1 unspecified atom stereocenters. The summed E-state index contributed by atoms with van der Waals surface area (Å²) in [5.74, 6) is -1.11. The highest BCUT2D eigenvalue weighted by molar-refractivity contribution is 5.76. The molecule has 0 saturated heterocycles. The van der Waals surface area contributed by atoms with Crippen molar-refractivity contribution in [3.63, 3.8) is 0 Å². The van der Waals surface area contributed by atoms with Crippen molar-refractivity contribution in [2.45, 2.75) is 122 Å². The van der Waals surface area contributed by atoms with Crippen LogP contribution < -0.4 is 0 Å². The lowest BCUT2D eigenvalue weighted by molar-refractivity contribution is -0.157. The fourth-order valence-electron chi connectivity index (χ4n) is 2.95. The van der Waals surface area contributed by atoms with Gasteiger partial charge >= 0.3 is 5.97 Å². The summed E-state index contributed by atoms with van der Waals surface area (Å²) in [4.78, 5) is 10.7. The molecule has 0 aromatic carbocycles. The molecule has 0 spiro atoms. The van der Waals surface area contributed by atoms with E-state index in [9.17, 15) is 9.90 Å². The van der Waals surface area contributed by atoms with E-state index in [-0.39, 0.29) is 0 Å². The van der Waals surface area contributed by atoms with Crippen LogP contribution in [0.15, 0.2) is 0 Å². The van der Waals surface area contributed by atoms with Crippen LogP contribution in [0.1, 0.15) is 117 Å². The summed E-state index contributed by atoms with van der Waals surface area (Å²) in [6.07, 6.45) is 19.8. The predicted molar refractivity (Wildman–Crippen MR) is 97.8 cm³/mol. The number of carbonyl (C=O) groups is 1. The topological polar surface area (TPSA) is 57.5 Å². The Morgan fingerprint density at radius 2 is 1.00 bits per heavy atom. The fraction of sp³-hybridized carbons (Fsp3) is 0.950. The SMILES string of the molecule is CCCCCCCCCCCCCCCCCC(C)(O)C(=O)O. The van der Waals surface area contributed by atoms with Crippen LogP contribution in [-0.2, 0) is 4.79 Å². The third kappa shape index (κ3) is 14.7. The van der Waals surface area contributed by atoms with Crippen molar-refractivity contribution in [1.29, 1.82) is 0 Å². The van der Waals surface area contributed by atoms with Crippen molar-refractivity contribution in [2.24, 2.45) is 0 Å². The Hall–Kier alpha value is -0.570. The zero-order valence-corrected chi connectivity index (χ0v) is 15.6. The smallest absolute Gasteiger partial charge is 0.335 e. The van der Waals surface area contributed by atoms with Gasteiger partial charge in [0, 0.05) is 0 Å². The van der Waals surface area contributed by atoms with Crippen molar-refractivity contribution in [3.05, 3.63) is 0 Å². The molecule has 0 aromatic heterocycles. The second-order valence-corrected chi connectivity index (χ2v) is 7.28. The maximum absolute atomic E-state index is 10.7. The molecule has 0 aliphatic heterocycles. The van der Waals surface area contributed by atoms with Crippen molar-refractivity contribution >= 4 is 5.97 Å². The number of carboxylic acid groups (broad SMARTS) is 1. The van der Waals surface area contributed by atoms with Crippen LogP contribution in [0.3, 0.4) is 0 Å². The highest BCUT2D eigenvalue weighted by Gasteiger charge is 2.28. The Kier molecular flexibility index (Phi) is 14.6. The molecule has 0 amide bonds. The summed E-state index contributed by atoms with van der Waals surface area (Å²) in [6.45, 7) is 3.65. The predicted octanol–water partition coefficient (Wildman–Crippen LogP) is 6.08. The molecular formula is C20H40O3. The van der Waals surface area contributed by atoms with Gasteiger partial charge in [0.2, 0.25) is 0 Å². The average molecular weight is 329 g/mol. The Morgan fingerprint density at radius 3 is 1.30 bits per heavy atom. The second-order valence-electron chi connectivity index (χ2n) is 7.28. The molecule has 0 aromatic rings. The van der Waals surface area contributed by atoms with Crippen LogP contribution in [0.25, 0.3) is 0 Å². The van der Waals surface area contributed by atoms with Gasteiger partial charge in [0.25, 0.3) is 0 Å². The van der Waals surface area contributed by atoms with Crippen LogP contribution in [0, 0.1) is 0 Å². The molecule has 1 atom stereocenters. The van der Waals surface area contributed by atoms with E-state index in [2.05, 4.69) is 6.92 Å². The third-order valence-corrected chi connectivity index (χ3v) is 4.73. The average Bonchev–Trinajstić information content (AvgIpc) is 2.51. The van der Waals surface area contributed by atoms with E-state index in [1.807, 2.05) is 0 Å². The Bertz CT molecular complexity index is 274. The van der Waals surface area contributed by atoms with Gasteiger partial charge in [-0.15, -0.1) is 0 Å². The maximum Gasteiger partial charge on any atom is 0.335 e. The molecule has 0 aliphatic rings. The maximum atomic E-state index is 10.7. The van der Waals surface area contributed by atoms with E-state index < -0.39 is 11.6 Å². The molecule has 2 N–H and O–H groups in total. The van der Waals surface area contributed by atoms with Gasteiger partial charge in [-0.05, 0) is 19.8 Å². The van der Waals surface area contributed by atoms with E-state index >= 15 is 0 Å². The Labute approximate surface area is 143 Å². The van der Waals surface area contributed by atoms with E-state index in [0.717, 1.165) is 19.3 Å². The lowest BCUT2D eigenvalue weighted by atomic mass is 9.97. The minimum absolute atomic E-state index is 0.362. The number of hydrogen-bond donors (Lipinski definition) is 2. The molecule has 0 radical (unpaired) electrons. The molecule has 0 saturated carbocycles. The van der Waals surface area contributed by atoms with Crippen molar-refractivity contribution in [3.8, 4) is 0 Å². The van der Waals surface area contributed by atoms with Gasteiger partial charge in [-0.2, -0.15) is 0 Å². The number of rotatable bonds is 17. The summed E-state index contributed by atoms with van der Waals surface area (Å²) in [7, 11) is 0. The lowest BCUT2D eigenvalue weighted by Crippen LogP contribution is -2.34. The monoisotopic (exact) mass is 328 g/mol. The molecule has 0 fully saturated rings. The number of carboxylic acids is 1. The fourth-order valence-corrected chi connectivity index (χ4v) is 2.95. The molecule has 0 bridgehead atoms. The minimum atomic E-state index is -1.55. The zero-order chi connectivity index (χ0) is 17.4. The molecule has 138 valence electrons. The van der Waals surface area contributed by atoms with Crippen LogP contribution in [0.5, 0.6) is 0 Å². The summed E-state index contributed by atoms with van der Waals surface area (Å²) in [5.41, 5.74) is -1.55. The van der Waals surface area contributed by atoms with Crippen molar-refractivity contribution < 1.29 is 15.0 Å². The highest BCUT2D eigenvalue weighted by Crippen LogP contribution is 2.17. The minimum Gasteiger partial charge on any atom is -0.479 e. The zero-order valence-electron chi connectivity index (χ0n) is 15.6. The van der Waals surface area contributed by atoms with Gasteiger partial charge < -0.3 is 10.2 Å². The Morgan fingerprint density at radius 1 is 0.696 bits per heavy atom. The molecule has 3 nitrogen and oxygen atoms in total. The lowest BCUT2D eigenvalue weighted by Gasteiger charge is -2.17. The van der Waals surface area contributed by atoms with Crippen LogP contribution >= 0.6 is 0 Å². The van der Waals surface area contributed by atoms with Gasteiger partial charge in [-0.3, -0.25) is 0 Å². The normalized spacial score (nSPS) is 13.9. The van der Waals surface area contributed by atoms with Crippen LogP contribution in [-0.4, -0.2) is 21.8 Å². The van der Waals surface area contributed by atoms with Crippen molar-refractivity contribution in [1.82, 2.24) is 0 Å². The second kappa shape index (κ2) is 15.0. The van der Waals surface area contributed by atoms with E-state index in [0.29, 0.717) is 6.42 Å². The van der Waals surface area contributed by atoms with Gasteiger partial charge in [0.1, 0.15) is 0 Å². The highest BCUT2D eigenvalue weighted by atomic mass is 16.4. The van der Waals surface area contributed by atoms with E-state index in [1.54, 1.807) is 0 Å². The van der Waals surface area contributed by atoms with Crippen molar-refractivity contribution in [2.75, 3.05) is 0 Å². The van der Waals surface area contributed by atoms with Crippen LogP contribution in [0.2, 0.25) is 0 Å². The third-order valence-electron chi connectivity index (χ3n) is 4.73. The first kappa shape index (κ1) is 22.4. The van der Waals surface area contributed by atoms with Gasteiger partial charge in [-0.1, -0.05) is 96.8 Å². The number of unbranched alkanes of at least 4 members (excludes halogenated alkanes) is 14.